The van der Waals surface area contributed by atoms with Gasteiger partial charge in [-0.25, -0.2) is 0 Å². The van der Waals surface area contributed by atoms with Crippen LogP contribution in [-0.4, -0.2) is 12.5 Å². The first-order valence-corrected chi connectivity index (χ1v) is 9.04. The fraction of sp³-hybridized carbons (Fsp3) is 0.562. The molecule has 0 radical (unpaired) electrons. The van der Waals surface area contributed by atoms with Crippen molar-refractivity contribution < 1.29 is 4.79 Å². The van der Waals surface area contributed by atoms with Crippen LogP contribution in [0.3, 0.4) is 0 Å². The first-order valence-electron chi connectivity index (χ1n) is 7.46. The molecule has 3 N–H and O–H groups in total. The molecule has 1 saturated carbocycles. The number of amides is 1. The van der Waals surface area contributed by atoms with E-state index in [0.717, 1.165) is 45.9 Å². The smallest absolute Gasteiger partial charge is 0.231 e. The Bertz CT molecular complexity index is 500. The van der Waals surface area contributed by atoms with Gasteiger partial charge in [0, 0.05) is 15.5 Å². The van der Waals surface area contributed by atoms with Crippen LogP contribution in [0.1, 0.15) is 44.1 Å². The maximum atomic E-state index is 12.8. The topological polar surface area (TPSA) is 55.1 Å². The number of rotatable bonds is 3. The Kier molecular flexibility index (Phi) is 5.86. The molecule has 21 heavy (non-hydrogen) atoms. The molecule has 1 fully saturated rings. The van der Waals surface area contributed by atoms with Gasteiger partial charge < -0.3 is 11.1 Å². The maximum Gasteiger partial charge on any atom is 0.231 e. The molecule has 1 aromatic carbocycles. The SMILES string of the molecule is Cc1cc(Br)c(NC(=O)C2(CN)CCCCCC2)c(Br)c1. The second-order valence-corrected chi connectivity index (χ2v) is 7.67. The van der Waals surface area contributed by atoms with E-state index in [1.54, 1.807) is 0 Å². The minimum absolute atomic E-state index is 0.0529. The minimum Gasteiger partial charge on any atom is -0.329 e. The summed E-state index contributed by atoms with van der Waals surface area (Å²) in [5.74, 6) is 0.0529. The summed E-state index contributed by atoms with van der Waals surface area (Å²) >= 11 is 7.06. The molecule has 0 bridgehead atoms. The zero-order chi connectivity index (χ0) is 15.5. The molecule has 0 heterocycles. The molecular formula is C16H22Br2N2O. The number of hydrogen-bond acceptors (Lipinski definition) is 2. The average molecular weight is 418 g/mol. The van der Waals surface area contributed by atoms with Gasteiger partial charge in [0.2, 0.25) is 5.91 Å². The Morgan fingerprint density at radius 2 is 1.71 bits per heavy atom. The largest absolute Gasteiger partial charge is 0.329 e. The lowest BCUT2D eigenvalue weighted by molar-refractivity contribution is -0.125. The Hall–Kier alpha value is -0.390. The van der Waals surface area contributed by atoms with E-state index >= 15 is 0 Å². The van der Waals surface area contributed by atoms with E-state index in [0.29, 0.717) is 6.54 Å². The molecule has 0 aromatic heterocycles. The number of carbonyl (C=O) groups excluding carboxylic acids is 1. The quantitative estimate of drug-likeness (QED) is 0.696. The van der Waals surface area contributed by atoms with E-state index in [1.807, 2.05) is 19.1 Å². The summed E-state index contributed by atoms with van der Waals surface area (Å²) in [5.41, 5.74) is 7.49. The third-order valence-corrected chi connectivity index (χ3v) is 5.61. The maximum absolute atomic E-state index is 12.8. The van der Waals surface area contributed by atoms with E-state index in [1.165, 1.54) is 12.8 Å². The molecule has 1 aliphatic carbocycles. The molecule has 5 heteroatoms. The van der Waals surface area contributed by atoms with Crippen LogP contribution in [-0.2, 0) is 4.79 Å². The number of nitrogens with two attached hydrogens (primary N) is 1. The van der Waals surface area contributed by atoms with Crippen molar-refractivity contribution in [3.05, 3.63) is 26.6 Å². The van der Waals surface area contributed by atoms with Crippen LogP contribution in [0.2, 0.25) is 0 Å². The molecule has 0 saturated heterocycles. The van der Waals surface area contributed by atoms with Crippen molar-refractivity contribution in [3.8, 4) is 0 Å². The number of benzene rings is 1. The van der Waals surface area contributed by atoms with Crippen LogP contribution in [0.15, 0.2) is 21.1 Å². The second-order valence-electron chi connectivity index (χ2n) is 5.96. The molecule has 1 amide bonds. The van der Waals surface area contributed by atoms with Gasteiger partial charge in [-0.15, -0.1) is 0 Å². The number of anilines is 1. The monoisotopic (exact) mass is 416 g/mol. The van der Waals surface area contributed by atoms with Crippen LogP contribution >= 0.6 is 31.9 Å². The number of aryl methyl sites for hydroxylation is 1. The van der Waals surface area contributed by atoms with Crippen LogP contribution in [0.4, 0.5) is 5.69 Å². The Balaban J connectivity index is 2.23. The van der Waals surface area contributed by atoms with Crippen molar-refractivity contribution >= 4 is 43.5 Å². The first-order chi connectivity index (χ1) is 9.98. The van der Waals surface area contributed by atoms with E-state index < -0.39 is 5.41 Å². The lowest BCUT2D eigenvalue weighted by Crippen LogP contribution is -2.42. The molecule has 0 unspecified atom stereocenters. The molecule has 0 spiro atoms. The Labute approximate surface area is 143 Å². The van der Waals surface area contributed by atoms with Gasteiger partial charge in [-0.2, -0.15) is 0 Å². The summed E-state index contributed by atoms with van der Waals surface area (Å²) in [4.78, 5) is 12.8. The third kappa shape index (κ3) is 3.88. The number of hydrogen-bond donors (Lipinski definition) is 2. The standard InChI is InChI=1S/C16H22Br2N2O/c1-11-8-12(17)14(13(18)9-11)20-15(21)16(10-19)6-4-2-3-5-7-16/h8-9H,2-7,10,19H2,1H3,(H,20,21). The molecule has 116 valence electrons. The highest BCUT2D eigenvalue weighted by Crippen LogP contribution is 2.38. The van der Waals surface area contributed by atoms with Crippen LogP contribution in [0.5, 0.6) is 0 Å². The van der Waals surface area contributed by atoms with Crippen molar-refractivity contribution in [2.45, 2.75) is 45.4 Å². The minimum atomic E-state index is -0.416. The van der Waals surface area contributed by atoms with Crippen molar-refractivity contribution in [2.24, 2.45) is 11.1 Å². The first kappa shape index (κ1) is 17.0. The zero-order valence-corrected chi connectivity index (χ0v) is 15.5. The summed E-state index contributed by atoms with van der Waals surface area (Å²) in [6.45, 7) is 2.44. The predicted molar refractivity (Wildman–Crippen MR) is 94.4 cm³/mol. The Morgan fingerprint density at radius 1 is 1.19 bits per heavy atom. The van der Waals surface area contributed by atoms with Crippen molar-refractivity contribution in [1.29, 1.82) is 0 Å². The van der Waals surface area contributed by atoms with Gasteiger partial charge in [0.15, 0.2) is 0 Å². The molecule has 0 atom stereocenters. The molecule has 3 nitrogen and oxygen atoms in total. The van der Waals surface area contributed by atoms with E-state index in [-0.39, 0.29) is 5.91 Å². The van der Waals surface area contributed by atoms with Crippen LogP contribution in [0, 0.1) is 12.3 Å². The lowest BCUT2D eigenvalue weighted by Gasteiger charge is -2.30. The normalized spacial score (nSPS) is 18.1. The predicted octanol–water partition coefficient (Wildman–Crippen LogP) is 4.76. The van der Waals surface area contributed by atoms with Crippen molar-refractivity contribution in [1.82, 2.24) is 0 Å². The van der Waals surface area contributed by atoms with Crippen LogP contribution in [0.25, 0.3) is 0 Å². The number of nitrogens with one attached hydrogen (secondary N) is 1. The highest BCUT2D eigenvalue weighted by Gasteiger charge is 2.37. The highest BCUT2D eigenvalue weighted by atomic mass is 79.9. The molecular weight excluding hydrogens is 396 g/mol. The highest BCUT2D eigenvalue weighted by molar-refractivity contribution is 9.11. The summed E-state index contributed by atoms with van der Waals surface area (Å²) in [6.07, 6.45) is 6.34. The summed E-state index contributed by atoms with van der Waals surface area (Å²) in [7, 11) is 0. The molecule has 2 rings (SSSR count). The van der Waals surface area contributed by atoms with Gasteiger partial charge in [0.05, 0.1) is 11.1 Å². The fourth-order valence-electron chi connectivity index (χ4n) is 2.99. The van der Waals surface area contributed by atoms with Gasteiger partial charge in [-0.1, -0.05) is 25.7 Å². The molecule has 0 aliphatic heterocycles. The van der Waals surface area contributed by atoms with Gasteiger partial charge in [-0.05, 0) is 69.3 Å². The van der Waals surface area contributed by atoms with Crippen molar-refractivity contribution in [3.63, 3.8) is 0 Å². The van der Waals surface area contributed by atoms with E-state index in [9.17, 15) is 4.79 Å². The second kappa shape index (κ2) is 7.25. The Morgan fingerprint density at radius 3 is 2.19 bits per heavy atom. The van der Waals surface area contributed by atoms with Crippen LogP contribution < -0.4 is 11.1 Å². The molecule has 1 aliphatic rings. The van der Waals surface area contributed by atoms with Gasteiger partial charge >= 0.3 is 0 Å². The fourth-order valence-corrected chi connectivity index (χ4v) is 4.61. The van der Waals surface area contributed by atoms with Crippen molar-refractivity contribution in [2.75, 3.05) is 11.9 Å². The number of halogens is 2. The lowest BCUT2D eigenvalue weighted by atomic mass is 9.79. The van der Waals surface area contributed by atoms with E-state index in [2.05, 4.69) is 37.2 Å². The zero-order valence-electron chi connectivity index (χ0n) is 12.3. The van der Waals surface area contributed by atoms with Gasteiger partial charge in [0.1, 0.15) is 0 Å². The third-order valence-electron chi connectivity index (χ3n) is 4.36. The summed E-state index contributed by atoms with van der Waals surface area (Å²) in [6, 6.07) is 4.01. The van der Waals surface area contributed by atoms with Gasteiger partial charge in [-0.3, -0.25) is 4.79 Å². The average Bonchev–Trinajstić information content (AvgIpc) is 2.68. The summed E-state index contributed by atoms with van der Waals surface area (Å²) < 4.78 is 1.78. The number of carbonyl (C=O) groups is 1. The molecule has 1 aromatic rings. The van der Waals surface area contributed by atoms with Gasteiger partial charge in [0.25, 0.3) is 0 Å². The van der Waals surface area contributed by atoms with E-state index in [4.69, 9.17) is 5.73 Å². The summed E-state index contributed by atoms with van der Waals surface area (Å²) in [5, 5.41) is 3.08.